The zero-order valence-electron chi connectivity index (χ0n) is 12.3. The monoisotopic (exact) mass is 267 g/mol. The summed E-state index contributed by atoms with van der Waals surface area (Å²) in [4.78, 5) is 0. The third-order valence-electron chi connectivity index (χ3n) is 3.07. The SMILES string of the molecule is CNC(CCCC(F)(F)F)CC(C)CC(C)(C)C. The maximum atomic E-state index is 12.1. The molecule has 0 aromatic carbocycles. The Kier molecular flexibility index (Phi) is 7.26. The zero-order valence-corrected chi connectivity index (χ0v) is 12.3. The lowest BCUT2D eigenvalue weighted by Crippen LogP contribution is -2.28. The predicted octanol–water partition coefficient (Wildman–Crippen LogP) is 4.77. The van der Waals surface area contributed by atoms with Crippen LogP contribution in [0.1, 0.15) is 59.8 Å². The Labute approximate surface area is 110 Å². The standard InChI is InChI=1S/C14H28F3N/c1-11(10-13(2,3)4)9-12(18-5)7-6-8-14(15,16)17/h11-12,18H,6-10H2,1-5H3. The number of hydrogen-bond acceptors (Lipinski definition) is 1. The zero-order chi connectivity index (χ0) is 14.4. The first-order valence-corrected chi connectivity index (χ1v) is 6.77. The lowest BCUT2D eigenvalue weighted by molar-refractivity contribution is -0.135. The fourth-order valence-electron chi connectivity index (χ4n) is 2.54. The smallest absolute Gasteiger partial charge is 0.317 e. The maximum absolute atomic E-state index is 12.1. The summed E-state index contributed by atoms with van der Waals surface area (Å²) >= 11 is 0. The molecule has 1 N–H and O–H groups in total. The first-order valence-electron chi connectivity index (χ1n) is 6.77. The molecule has 0 amide bonds. The first kappa shape index (κ1) is 17.8. The molecule has 0 aromatic heterocycles. The second-order valence-electron chi connectivity index (χ2n) is 6.60. The lowest BCUT2D eigenvalue weighted by Gasteiger charge is -2.26. The van der Waals surface area contributed by atoms with Crippen LogP contribution in [0.25, 0.3) is 0 Å². The summed E-state index contributed by atoms with van der Waals surface area (Å²) in [5.41, 5.74) is 0.281. The van der Waals surface area contributed by atoms with Crippen LogP contribution in [0, 0.1) is 11.3 Å². The van der Waals surface area contributed by atoms with Gasteiger partial charge in [0.15, 0.2) is 0 Å². The van der Waals surface area contributed by atoms with Crippen LogP contribution in [0.4, 0.5) is 13.2 Å². The molecule has 0 radical (unpaired) electrons. The van der Waals surface area contributed by atoms with Crippen molar-refractivity contribution < 1.29 is 13.2 Å². The van der Waals surface area contributed by atoms with E-state index in [1.807, 2.05) is 7.05 Å². The Hall–Kier alpha value is -0.250. The second-order valence-corrected chi connectivity index (χ2v) is 6.60. The van der Waals surface area contributed by atoms with Crippen molar-refractivity contribution in [2.24, 2.45) is 11.3 Å². The topological polar surface area (TPSA) is 12.0 Å². The van der Waals surface area contributed by atoms with E-state index in [0.29, 0.717) is 12.3 Å². The lowest BCUT2D eigenvalue weighted by atomic mass is 9.82. The molecular weight excluding hydrogens is 239 g/mol. The molecule has 0 rings (SSSR count). The number of rotatable bonds is 7. The molecule has 0 aliphatic rings. The van der Waals surface area contributed by atoms with Gasteiger partial charge in [0.25, 0.3) is 0 Å². The third kappa shape index (κ3) is 10.9. The highest BCUT2D eigenvalue weighted by Crippen LogP contribution is 2.28. The molecular formula is C14H28F3N. The quantitative estimate of drug-likeness (QED) is 0.700. The Balaban J connectivity index is 3.96. The van der Waals surface area contributed by atoms with Crippen LogP contribution in [-0.4, -0.2) is 19.3 Å². The molecule has 0 saturated carbocycles. The minimum atomic E-state index is -4.02. The molecule has 110 valence electrons. The van der Waals surface area contributed by atoms with Crippen molar-refractivity contribution >= 4 is 0 Å². The molecule has 0 fully saturated rings. The Bertz CT molecular complexity index is 218. The van der Waals surface area contributed by atoms with Crippen LogP contribution in [0.2, 0.25) is 0 Å². The van der Waals surface area contributed by atoms with Crippen molar-refractivity contribution in [1.29, 1.82) is 0 Å². The van der Waals surface area contributed by atoms with Crippen molar-refractivity contribution in [3.05, 3.63) is 0 Å². The number of halogens is 3. The van der Waals surface area contributed by atoms with Gasteiger partial charge in [0.1, 0.15) is 0 Å². The van der Waals surface area contributed by atoms with Crippen molar-refractivity contribution in [2.75, 3.05) is 7.05 Å². The predicted molar refractivity (Wildman–Crippen MR) is 70.6 cm³/mol. The molecule has 0 aliphatic carbocycles. The van der Waals surface area contributed by atoms with Crippen molar-refractivity contribution in [3.63, 3.8) is 0 Å². The number of alkyl halides is 3. The van der Waals surface area contributed by atoms with E-state index in [1.54, 1.807) is 0 Å². The van der Waals surface area contributed by atoms with Gasteiger partial charge in [0, 0.05) is 12.5 Å². The van der Waals surface area contributed by atoms with Crippen LogP contribution in [0.3, 0.4) is 0 Å². The molecule has 0 heterocycles. The van der Waals surface area contributed by atoms with Gasteiger partial charge in [-0.3, -0.25) is 0 Å². The number of hydrogen-bond donors (Lipinski definition) is 1. The Morgan fingerprint density at radius 1 is 1.11 bits per heavy atom. The largest absolute Gasteiger partial charge is 0.389 e. The highest BCUT2D eigenvalue weighted by Gasteiger charge is 2.27. The molecule has 0 saturated heterocycles. The minimum absolute atomic E-state index is 0.199. The van der Waals surface area contributed by atoms with Crippen molar-refractivity contribution in [3.8, 4) is 0 Å². The van der Waals surface area contributed by atoms with E-state index in [0.717, 1.165) is 12.8 Å². The molecule has 4 heteroatoms. The normalized spacial score (nSPS) is 16.7. The van der Waals surface area contributed by atoms with Gasteiger partial charge in [0.2, 0.25) is 0 Å². The molecule has 18 heavy (non-hydrogen) atoms. The highest BCUT2D eigenvalue weighted by atomic mass is 19.4. The summed E-state index contributed by atoms with van der Waals surface area (Å²) in [6, 6.07) is 0.199. The maximum Gasteiger partial charge on any atom is 0.389 e. The Morgan fingerprint density at radius 3 is 2.06 bits per heavy atom. The van der Waals surface area contributed by atoms with Crippen LogP contribution in [0.15, 0.2) is 0 Å². The van der Waals surface area contributed by atoms with Gasteiger partial charge in [0.05, 0.1) is 0 Å². The average molecular weight is 267 g/mol. The van der Waals surface area contributed by atoms with Crippen molar-refractivity contribution in [1.82, 2.24) is 5.32 Å². The second kappa shape index (κ2) is 7.37. The van der Waals surface area contributed by atoms with Crippen LogP contribution in [0.5, 0.6) is 0 Å². The van der Waals surface area contributed by atoms with Crippen molar-refractivity contribution in [2.45, 2.75) is 72.0 Å². The van der Waals surface area contributed by atoms with Gasteiger partial charge >= 0.3 is 6.18 Å². The van der Waals surface area contributed by atoms with E-state index < -0.39 is 12.6 Å². The van der Waals surface area contributed by atoms with Crippen LogP contribution >= 0.6 is 0 Å². The van der Waals surface area contributed by atoms with E-state index in [1.165, 1.54) is 0 Å². The molecule has 0 aromatic rings. The van der Waals surface area contributed by atoms with Crippen LogP contribution in [-0.2, 0) is 0 Å². The summed E-state index contributed by atoms with van der Waals surface area (Å²) in [6.07, 6.45) is -1.81. The number of nitrogens with one attached hydrogen (secondary N) is 1. The fraction of sp³-hybridized carbons (Fsp3) is 1.00. The van der Waals surface area contributed by atoms with Gasteiger partial charge in [-0.15, -0.1) is 0 Å². The highest BCUT2D eigenvalue weighted by molar-refractivity contribution is 4.73. The van der Waals surface area contributed by atoms with Gasteiger partial charge in [-0.2, -0.15) is 13.2 Å². The van der Waals surface area contributed by atoms with E-state index in [9.17, 15) is 13.2 Å². The summed E-state index contributed by atoms with van der Waals surface area (Å²) in [7, 11) is 1.84. The Morgan fingerprint density at radius 2 is 1.67 bits per heavy atom. The summed E-state index contributed by atoms with van der Waals surface area (Å²) < 4.78 is 36.2. The fourth-order valence-corrected chi connectivity index (χ4v) is 2.54. The first-order chi connectivity index (χ1) is 8.03. The molecule has 0 spiro atoms. The summed E-state index contributed by atoms with van der Waals surface area (Å²) in [5, 5.41) is 3.14. The average Bonchev–Trinajstić information content (AvgIpc) is 2.11. The third-order valence-corrected chi connectivity index (χ3v) is 3.07. The summed E-state index contributed by atoms with van der Waals surface area (Å²) in [6.45, 7) is 8.77. The van der Waals surface area contributed by atoms with E-state index in [-0.39, 0.29) is 17.9 Å². The van der Waals surface area contributed by atoms with E-state index in [4.69, 9.17) is 0 Å². The van der Waals surface area contributed by atoms with Crippen LogP contribution < -0.4 is 5.32 Å². The molecule has 2 atom stereocenters. The molecule has 1 nitrogen and oxygen atoms in total. The van der Waals surface area contributed by atoms with Gasteiger partial charge in [-0.05, 0) is 44.1 Å². The summed E-state index contributed by atoms with van der Waals surface area (Å²) in [5.74, 6) is 0.535. The molecule has 0 aliphatic heterocycles. The minimum Gasteiger partial charge on any atom is -0.317 e. The van der Waals surface area contributed by atoms with Gasteiger partial charge in [-0.25, -0.2) is 0 Å². The van der Waals surface area contributed by atoms with Gasteiger partial charge < -0.3 is 5.32 Å². The van der Waals surface area contributed by atoms with Gasteiger partial charge in [-0.1, -0.05) is 27.7 Å². The molecule has 2 unspecified atom stereocenters. The van der Waals surface area contributed by atoms with E-state index in [2.05, 4.69) is 33.0 Å². The molecule has 0 bridgehead atoms. The van der Waals surface area contributed by atoms with E-state index >= 15 is 0 Å².